The van der Waals surface area contributed by atoms with Gasteiger partial charge in [0.15, 0.2) is 0 Å². The topological polar surface area (TPSA) is 70.1 Å². The molecule has 1 fully saturated rings. The van der Waals surface area contributed by atoms with Gasteiger partial charge in [0.25, 0.3) is 0 Å². The molecule has 2 N–H and O–H groups in total. The monoisotopic (exact) mass is 321 g/mol. The molecule has 1 aliphatic rings. The summed E-state index contributed by atoms with van der Waals surface area (Å²) in [5.41, 5.74) is 6.88. The molecule has 0 aliphatic heterocycles. The first-order valence-corrected chi connectivity index (χ1v) is 7.15. The Bertz CT molecular complexity index is 518. The minimum atomic E-state index is -0.326. The Labute approximate surface area is 121 Å². The standard InChI is InChI=1S/C14H16BrN3O/c15-13-7-12(6-5-10(13)8-16)18(9-14(17)19)11-3-1-2-4-11/h5-7,11H,1-4,9H2,(H2,17,19). The average Bonchev–Trinajstić information content (AvgIpc) is 2.89. The number of amides is 1. The van der Waals surface area contributed by atoms with Crippen LogP contribution in [-0.2, 0) is 4.79 Å². The molecule has 2 rings (SSSR count). The molecule has 0 heterocycles. The van der Waals surface area contributed by atoms with E-state index < -0.39 is 0 Å². The van der Waals surface area contributed by atoms with Gasteiger partial charge in [-0.1, -0.05) is 12.8 Å². The van der Waals surface area contributed by atoms with E-state index in [-0.39, 0.29) is 12.5 Å². The lowest BCUT2D eigenvalue weighted by molar-refractivity contribution is -0.116. The highest BCUT2D eigenvalue weighted by molar-refractivity contribution is 9.10. The lowest BCUT2D eigenvalue weighted by Crippen LogP contribution is -2.40. The number of carbonyl (C=O) groups is 1. The van der Waals surface area contributed by atoms with Crippen LogP contribution >= 0.6 is 15.9 Å². The smallest absolute Gasteiger partial charge is 0.236 e. The molecular weight excluding hydrogens is 306 g/mol. The molecule has 0 bridgehead atoms. The predicted molar refractivity (Wildman–Crippen MR) is 77.7 cm³/mol. The molecule has 0 unspecified atom stereocenters. The van der Waals surface area contributed by atoms with Crippen molar-refractivity contribution in [1.82, 2.24) is 0 Å². The van der Waals surface area contributed by atoms with E-state index >= 15 is 0 Å². The van der Waals surface area contributed by atoms with Crippen molar-refractivity contribution in [2.24, 2.45) is 5.73 Å². The Morgan fingerprint density at radius 3 is 2.68 bits per heavy atom. The summed E-state index contributed by atoms with van der Waals surface area (Å²) < 4.78 is 0.750. The number of benzene rings is 1. The first kappa shape index (κ1) is 13.9. The summed E-state index contributed by atoms with van der Waals surface area (Å²) in [5, 5.41) is 8.94. The molecule has 0 radical (unpaired) electrons. The summed E-state index contributed by atoms with van der Waals surface area (Å²) in [6.45, 7) is 0.225. The fourth-order valence-corrected chi connectivity index (χ4v) is 3.04. The Morgan fingerprint density at radius 1 is 1.47 bits per heavy atom. The zero-order valence-corrected chi connectivity index (χ0v) is 12.2. The molecule has 1 aliphatic carbocycles. The average molecular weight is 322 g/mol. The van der Waals surface area contributed by atoms with Gasteiger partial charge in [-0.2, -0.15) is 5.26 Å². The molecule has 19 heavy (non-hydrogen) atoms. The van der Waals surface area contributed by atoms with Crippen LogP contribution < -0.4 is 10.6 Å². The number of halogens is 1. The number of nitrogens with zero attached hydrogens (tertiary/aromatic N) is 2. The zero-order valence-electron chi connectivity index (χ0n) is 10.6. The van der Waals surface area contributed by atoms with Crippen molar-refractivity contribution in [3.8, 4) is 6.07 Å². The molecule has 0 saturated heterocycles. The maximum atomic E-state index is 11.3. The third-order valence-electron chi connectivity index (χ3n) is 3.50. The van der Waals surface area contributed by atoms with Crippen molar-refractivity contribution in [2.45, 2.75) is 31.7 Å². The minimum Gasteiger partial charge on any atom is -0.368 e. The van der Waals surface area contributed by atoms with Crippen molar-refractivity contribution in [1.29, 1.82) is 5.26 Å². The lowest BCUT2D eigenvalue weighted by Gasteiger charge is -2.30. The number of hydrogen-bond acceptors (Lipinski definition) is 3. The van der Waals surface area contributed by atoms with Gasteiger partial charge in [-0.3, -0.25) is 4.79 Å². The van der Waals surface area contributed by atoms with Crippen LogP contribution in [0, 0.1) is 11.3 Å². The van der Waals surface area contributed by atoms with Crippen molar-refractivity contribution in [3.63, 3.8) is 0 Å². The molecule has 1 amide bonds. The van der Waals surface area contributed by atoms with Gasteiger partial charge in [-0.05, 0) is 47.0 Å². The molecule has 0 aromatic heterocycles. The van der Waals surface area contributed by atoms with Crippen molar-refractivity contribution in [3.05, 3.63) is 28.2 Å². The molecule has 1 aromatic rings. The third-order valence-corrected chi connectivity index (χ3v) is 4.15. The summed E-state index contributed by atoms with van der Waals surface area (Å²) in [6.07, 6.45) is 4.56. The molecule has 0 spiro atoms. The van der Waals surface area contributed by atoms with Gasteiger partial charge in [-0.25, -0.2) is 0 Å². The number of hydrogen-bond donors (Lipinski definition) is 1. The number of primary amides is 1. The molecule has 4 nitrogen and oxygen atoms in total. The lowest BCUT2D eigenvalue weighted by atomic mass is 10.1. The Hall–Kier alpha value is -1.54. The third kappa shape index (κ3) is 3.27. The molecule has 1 aromatic carbocycles. The second kappa shape index (κ2) is 6.07. The largest absolute Gasteiger partial charge is 0.368 e. The van der Waals surface area contributed by atoms with Crippen molar-refractivity contribution < 1.29 is 4.79 Å². The van der Waals surface area contributed by atoms with Gasteiger partial charge >= 0.3 is 0 Å². The van der Waals surface area contributed by atoms with E-state index in [2.05, 4.69) is 26.9 Å². The Kier molecular flexibility index (Phi) is 4.43. The van der Waals surface area contributed by atoms with Crippen molar-refractivity contribution in [2.75, 3.05) is 11.4 Å². The van der Waals surface area contributed by atoms with Crippen LogP contribution in [0.1, 0.15) is 31.2 Å². The van der Waals surface area contributed by atoms with Gasteiger partial charge in [0.2, 0.25) is 5.91 Å². The number of rotatable bonds is 4. The molecular formula is C14H16BrN3O. The predicted octanol–water partition coefficient (Wildman–Crippen LogP) is 2.56. The van der Waals surface area contributed by atoms with E-state index in [0.717, 1.165) is 23.0 Å². The second-order valence-electron chi connectivity index (χ2n) is 4.81. The van der Waals surface area contributed by atoms with E-state index in [1.165, 1.54) is 12.8 Å². The van der Waals surface area contributed by atoms with Gasteiger partial charge in [-0.15, -0.1) is 0 Å². The van der Waals surface area contributed by atoms with Crippen molar-refractivity contribution >= 4 is 27.5 Å². The maximum absolute atomic E-state index is 11.3. The summed E-state index contributed by atoms with van der Waals surface area (Å²) in [4.78, 5) is 13.3. The van der Waals surface area contributed by atoms with Crippen LogP contribution in [0.4, 0.5) is 5.69 Å². The fourth-order valence-electron chi connectivity index (χ4n) is 2.59. The van der Waals surface area contributed by atoms with Crippen LogP contribution in [0.5, 0.6) is 0 Å². The quantitative estimate of drug-likeness (QED) is 0.926. The van der Waals surface area contributed by atoms with E-state index in [0.29, 0.717) is 11.6 Å². The highest BCUT2D eigenvalue weighted by atomic mass is 79.9. The van der Waals surface area contributed by atoms with Gasteiger partial charge in [0.05, 0.1) is 12.1 Å². The summed E-state index contributed by atoms with van der Waals surface area (Å²) >= 11 is 3.39. The summed E-state index contributed by atoms with van der Waals surface area (Å²) in [6, 6.07) is 8.02. The Balaban J connectivity index is 2.29. The van der Waals surface area contributed by atoms with E-state index in [4.69, 9.17) is 11.0 Å². The summed E-state index contributed by atoms with van der Waals surface area (Å²) in [5.74, 6) is -0.326. The minimum absolute atomic E-state index is 0.225. The number of anilines is 1. The SMILES string of the molecule is N#Cc1ccc(N(CC(N)=O)C2CCCC2)cc1Br. The van der Waals surface area contributed by atoms with Gasteiger partial charge in [0, 0.05) is 16.2 Å². The van der Waals surface area contributed by atoms with Crippen LogP contribution in [0.3, 0.4) is 0 Å². The van der Waals surface area contributed by atoms with Gasteiger partial charge < -0.3 is 10.6 Å². The van der Waals surface area contributed by atoms with E-state index in [1.807, 2.05) is 12.1 Å². The summed E-state index contributed by atoms with van der Waals surface area (Å²) in [7, 11) is 0. The van der Waals surface area contributed by atoms with Crippen LogP contribution in [0.2, 0.25) is 0 Å². The van der Waals surface area contributed by atoms with Gasteiger partial charge in [0.1, 0.15) is 6.07 Å². The molecule has 1 saturated carbocycles. The number of carbonyl (C=O) groups excluding carboxylic acids is 1. The highest BCUT2D eigenvalue weighted by Gasteiger charge is 2.24. The fraction of sp³-hybridized carbons (Fsp3) is 0.429. The normalized spacial score (nSPS) is 15.2. The number of nitrogens with two attached hydrogens (primary N) is 1. The maximum Gasteiger partial charge on any atom is 0.236 e. The highest BCUT2D eigenvalue weighted by Crippen LogP contribution is 2.30. The molecule has 0 atom stereocenters. The zero-order chi connectivity index (χ0) is 13.8. The van der Waals surface area contributed by atoms with Crippen LogP contribution in [-0.4, -0.2) is 18.5 Å². The molecule has 100 valence electrons. The first-order valence-electron chi connectivity index (χ1n) is 6.36. The first-order chi connectivity index (χ1) is 9.11. The molecule has 5 heteroatoms. The second-order valence-corrected chi connectivity index (χ2v) is 5.66. The van der Waals surface area contributed by atoms with Crippen LogP contribution in [0.25, 0.3) is 0 Å². The number of nitriles is 1. The van der Waals surface area contributed by atoms with E-state index in [9.17, 15) is 4.79 Å². The van der Waals surface area contributed by atoms with E-state index in [1.54, 1.807) is 6.07 Å². The van der Waals surface area contributed by atoms with Crippen LogP contribution in [0.15, 0.2) is 22.7 Å². The Morgan fingerprint density at radius 2 is 2.16 bits per heavy atom.